The molecule has 0 spiro atoms. The molecule has 2 heterocycles. The van der Waals surface area contributed by atoms with Crippen molar-refractivity contribution >= 4 is 32.3 Å². The molecule has 4 aromatic rings. The van der Waals surface area contributed by atoms with E-state index in [4.69, 9.17) is 9.47 Å². The van der Waals surface area contributed by atoms with Gasteiger partial charge in [0.05, 0.1) is 5.56 Å². The van der Waals surface area contributed by atoms with Gasteiger partial charge in [-0.2, -0.15) is 0 Å². The molecule has 0 unspecified atom stereocenters. The monoisotopic (exact) mass is 415 g/mol. The maximum atomic E-state index is 13.4. The lowest BCUT2D eigenvalue weighted by Gasteiger charge is -2.12. The minimum absolute atomic E-state index is 0.137. The molecule has 6 heteroatoms. The van der Waals surface area contributed by atoms with Crippen LogP contribution in [0.3, 0.4) is 0 Å². The van der Waals surface area contributed by atoms with Gasteiger partial charge in [0.25, 0.3) is 5.91 Å². The number of carbonyl (C=O) groups is 1. The lowest BCUT2D eigenvalue weighted by Crippen LogP contribution is -2.15. The summed E-state index contributed by atoms with van der Waals surface area (Å²) in [6.07, 6.45) is 0. The fraction of sp³-hybridized carbons (Fsp3) is 0.0833. The van der Waals surface area contributed by atoms with Crippen LogP contribution in [0, 0.1) is 6.92 Å². The molecule has 1 aliphatic heterocycles. The zero-order valence-corrected chi connectivity index (χ0v) is 16.9. The number of amides is 1. The topological polar surface area (TPSA) is 64.6 Å². The van der Waals surface area contributed by atoms with Gasteiger partial charge in [-0.25, -0.2) is 0 Å². The van der Waals surface area contributed by atoms with Gasteiger partial charge < -0.3 is 14.8 Å². The number of hydrogen-bond donors (Lipinski definition) is 1. The number of anilines is 1. The fourth-order valence-electron chi connectivity index (χ4n) is 3.42. The number of aryl methyl sites for hydroxylation is 1. The van der Waals surface area contributed by atoms with E-state index in [9.17, 15) is 9.59 Å². The highest BCUT2D eigenvalue weighted by atomic mass is 32.1. The number of carbonyl (C=O) groups excluding carboxylic acids is 1. The Kier molecular flexibility index (Phi) is 4.48. The molecule has 30 heavy (non-hydrogen) atoms. The van der Waals surface area contributed by atoms with Gasteiger partial charge in [-0.1, -0.05) is 35.9 Å². The van der Waals surface area contributed by atoms with Crippen molar-refractivity contribution in [1.29, 1.82) is 0 Å². The van der Waals surface area contributed by atoms with Gasteiger partial charge >= 0.3 is 0 Å². The molecule has 1 N–H and O–H groups in total. The predicted octanol–water partition coefficient (Wildman–Crippen LogP) is 5.22. The Balaban J connectivity index is 1.66. The van der Waals surface area contributed by atoms with Crippen LogP contribution in [0.15, 0.2) is 71.5 Å². The largest absolute Gasteiger partial charge is 0.454 e. The van der Waals surface area contributed by atoms with Crippen molar-refractivity contribution in [2.45, 2.75) is 6.92 Å². The first kappa shape index (κ1) is 18.4. The first-order chi connectivity index (χ1) is 14.6. The summed E-state index contributed by atoms with van der Waals surface area (Å²) in [5.74, 6) is 0.963. The van der Waals surface area contributed by atoms with E-state index in [0.717, 1.165) is 10.3 Å². The molecule has 1 aromatic heterocycles. The molecular weight excluding hydrogens is 398 g/mol. The normalized spacial score (nSPS) is 12.2. The highest BCUT2D eigenvalue weighted by Crippen LogP contribution is 2.39. The molecule has 0 radical (unpaired) electrons. The third-order valence-corrected chi connectivity index (χ3v) is 6.09. The Morgan fingerprint density at radius 3 is 2.57 bits per heavy atom. The number of ether oxygens (including phenoxy) is 2. The summed E-state index contributed by atoms with van der Waals surface area (Å²) in [5, 5.41) is 4.07. The highest BCUT2D eigenvalue weighted by Gasteiger charge is 2.20. The van der Waals surface area contributed by atoms with Crippen LogP contribution in [0.5, 0.6) is 11.5 Å². The SMILES string of the molecule is Cc1ccc(C(=O)Nc2sc3ccccc3c(=O)c2-c2ccc3c(c2)OCO3)cc1. The highest BCUT2D eigenvalue weighted by molar-refractivity contribution is 7.22. The Labute approximate surface area is 176 Å². The number of nitrogens with one attached hydrogen (secondary N) is 1. The molecule has 5 rings (SSSR count). The molecule has 3 aromatic carbocycles. The van der Waals surface area contributed by atoms with Crippen LogP contribution < -0.4 is 20.2 Å². The van der Waals surface area contributed by atoms with E-state index in [1.807, 2.05) is 43.3 Å². The molecule has 1 amide bonds. The third-order valence-electron chi connectivity index (χ3n) is 5.00. The molecule has 0 fully saturated rings. The standard InChI is InChI=1S/C24H17NO4S/c1-14-6-8-15(9-7-14)23(27)25-24-21(16-10-11-18-19(12-16)29-13-28-18)22(26)17-4-2-3-5-20(17)30-24/h2-12H,13H2,1H3,(H,25,27). The quantitative estimate of drug-likeness (QED) is 0.498. The summed E-state index contributed by atoms with van der Waals surface area (Å²) in [4.78, 5) is 26.3. The Hall–Kier alpha value is -3.64. The van der Waals surface area contributed by atoms with Crippen LogP contribution >= 0.6 is 11.3 Å². The van der Waals surface area contributed by atoms with Crippen molar-refractivity contribution in [2.75, 3.05) is 12.1 Å². The number of rotatable bonds is 3. The fourth-order valence-corrected chi connectivity index (χ4v) is 4.52. The lowest BCUT2D eigenvalue weighted by molar-refractivity contribution is 0.102. The maximum absolute atomic E-state index is 13.4. The number of fused-ring (bicyclic) bond motifs is 2. The third kappa shape index (κ3) is 3.21. The minimum Gasteiger partial charge on any atom is -0.454 e. The first-order valence-corrected chi connectivity index (χ1v) is 10.3. The Morgan fingerprint density at radius 2 is 1.73 bits per heavy atom. The Morgan fingerprint density at radius 1 is 0.967 bits per heavy atom. The molecule has 0 atom stereocenters. The van der Waals surface area contributed by atoms with Gasteiger partial charge in [-0.15, -0.1) is 11.3 Å². The van der Waals surface area contributed by atoms with E-state index < -0.39 is 0 Å². The van der Waals surface area contributed by atoms with Crippen LogP contribution in [-0.4, -0.2) is 12.7 Å². The molecule has 0 aliphatic carbocycles. The van der Waals surface area contributed by atoms with Crippen molar-refractivity contribution in [1.82, 2.24) is 0 Å². The molecule has 1 aliphatic rings. The number of benzene rings is 3. The second-order valence-corrected chi connectivity index (χ2v) is 8.07. The first-order valence-electron chi connectivity index (χ1n) is 9.44. The van der Waals surface area contributed by atoms with Crippen LogP contribution in [-0.2, 0) is 0 Å². The summed E-state index contributed by atoms with van der Waals surface area (Å²) in [5.41, 5.74) is 2.58. The van der Waals surface area contributed by atoms with E-state index in [2.05, 4.69) is 5.32 Å². The van der Waals surface area contributed by atoms with E-state index in [0.29, 0.717) is 38.6 Å². The Bertz CT molecular complexity index is 1340. The zero-order chi connectivity index (χ0) is 20.7. The zero-order valence-electron chi connectivity index (χ0n) is 16.1. The molecule has 148 valence electrons. The van der Waals surface area contributed by atoms with E-state index in [1.165, 1.54) is 11.3 Å². The van der Waals surface area contributed by atoms with Crippen molar-refractivity contribution < 1.29 is 14.3 Å². The summed E-state index contributed by atoms with van der Waals surface area (Å²) in [6, 6.07) is 20.1. The molecule has 0 bridgehead atoms. The second kappa shape index (κ2) is 7.31. The smallest absolute Gasteiger partial charge is 0.256 e. The van der Waals surface area contributed by atoms with E-state index in [1.54, 1.807) is 30.3 Å². The van der Waals surface area contributed by atoms with E-state index in [-0.39, 0.29) is 18.1 Å². The summed E-state index contributed by atoms with van der Waals surface area (Å²) >= 11 is 1.38. The van der Waals surface area contributed by atoms with Gasteiger partial charge in [0.1, 0.15) is 5.00 Å². The summed E-state index contributed by atoms with van der Waals surface area (Å²) < 4.78 is 11.7. The van der Waals surface area contributed by atoms with Gasteiger partial charge in [0, 0.05) is 15.6 Å². The van der Waals surface area contributed by atoms with Crippen molar-refractivity contribution in [2.24, 2.45) is 0 Å². The second-order valence-electron chi connectivity index (χ2n) is 7.02. The van der Waals surface area contributed by atoms with Crippen LogP contribution in [0.25, 0.3) is 21.2 Å². The van der Waals surface area contributed by atoms with Gasteiger partial charge in [0.15, 0.2) is 16.9 Å². The molecule has 0 saturated heterocycles. The summed E-state index contributed by atoms with van der Waals surface area (Å²) in [7, 11) is 0. The van der Waals surface area contributed by atoms with Crippen LogP contribution in [0.1, 0.15) is 15.9 Å². The molecule has 5 nitrogen and oxygen atoms in total. The van der Waals surface area contributed by atoms with Gasteiger partial charge in [0.2, 0.25) is 6.79 Å². The summed E-state index contributed by atoms with van der Waals surface area (Å²) in [6.45, 7) is 2.12. The van der Waals surface area contributed by atoms with Crippen LogP contribution in [0.2, 0.25) is 0 Å². The minimum atomic E-state index is -0.261. The van der Waals surface area contributed by atoms with Crippen molar-refractivity contribution in [3.05, 3.63) is 88.1 Å². The average molecular weight is 415 g/mol. The predicted molar refractivity (Wildman–Crippen MR) is 119 cm³/mol. The van der Waals surface area contributed by atoms with Gasteiger partial charge in [-0.3, -0.25) is 9.59 Å². The van der Waals surface area contributed by atoms with Crippen molar-refractivity contribution in [3.63, 3.8) is 0 Å². The molecular formula is C24H17NO4S. The maximum Gasteiger partial charge on any atom is 0.256 e. The van der Waals surface area contributed by atoms with Crippen LogP contribution in [0.4, 0.5) is 5.00 Å². The average Bonchev–Trinajstić information content (AvgIpc) is 3.22. The number of hydrogen-bond acceptors (Lipinski definition) is 5. The van der Waals surface area contributed by atoms with E-state index >= 15 is 0 Å². The molecule has 0 saturated carbocycles. The van der Waals surface area contributed by atoms with Gasteiger partial charge in [-0.05, 0) is 48.9 Å². The van der Waals surface area contributed by atoms with Crippen molar-refractivity contribution in [3.8, 4) is 22.6 Å². The lowest BCUT2D eigenvalue weighted by atomic mass is 10.0.